The van der Waals surface area contributed by atoms with Gasteiger partial charge in [-0.05, 0) is 104 Å². The van der Waals surface area contributed by atoms with Crippen LogP contribution in [0, 0.1) is 46.3 Å². The second-order valence-corrected chi connectivity index (χ2v) is 10.7. The summed E-state index contributed by atoms with van der Waals surface area (Å²) in [6, 6.07) is 0. The van der Waals surface area contributed by atoms with Crippen molar-refractivity contribution in [2.45, 2.75) is 97.1 Å². The minimum Gasteiger partial charge on any atom is -0.481 e. The molecule has 160 valence electrons. The molecule has 4 saturated carbocycles. The maximum absolute atomic E-state index is 11.3. The van der Waals surface area contributed by atoms with E-state index in [1.807, 2.05) is 6.92 Å². The highest BCUT2D eigenvalue weighted by atomic mass is 16.4. The Labute approximate surface area is 175 Å². The highest BCUT2D eigenvalue weighted by Gasteiger charge is 2.62. The molecule has 0 aliphatic heterocycles. The van der Waals surface area contributed by atoms with Crippen molar-refractivity contribution in [2.24, 2.45) is 46.3 Å². The zero-order valence-corrected chi connectivity index (χ0v) is 17.5. The fourth-order valence-corrected chi connectivity index (χ4v) is 8.03. The third-order valence-electron chi connectivity index (χ3n) is 9.51. The monoisotopic (exact) mass is 396 g/mol. The van der Waals surface area contributed by atoms with Crippen LogP contribution >= 0.6 is 0 Å². The molecule has 0 saturated heterocycles. The Bertz CT molecular complexity index is 760. The third kappa shape index (κ3) is 3.14. The van der Waals surface area contributed by atoms with Crippen LogP contribution in [-0.4, -0.2) is 33.5 Å². The maximum atomic E-state index is 11.3. The predicted octanol–water partition coefficient (Wildman–Crippen LogP) is 4.48. The number of aliphatic hydroxyl groups excluding tert-OH is 2. The lowest BCUT2D eigenvalue weighted by molar-refractivity contribution is -0.174. The van der Waals surface area contributed by atoms with Gasteiger partial charge in [0.15, 0.2) is 0 Å². The quantitative estimate of drug-likeness (QED) is 0.655. The number of aliphatic hydroxyl groups is 2. The van der Waals surface area contributed by atoms with Crippen LogP contribution in [0.1, 0.15) is 90.4 Å². The van der Waals surface area contributed by atoms with Gasteiger partial charge in [-0.25, -0.2) is 0 Å². The molecule has 4 aliphatic rings. The average Bonchev–Trinajstić information content (AvgIpc) is 3.03. The molecule has 28 heavy (non-hydrogen) atoms. The van der Waals surface area contributed by atoms with Crippen molar-refractivity contribution in [3.05, 3.63) is 0 Å². The summed E-state index contributed by atoms with van der Waals surface area (Å²) in [5, 5.41) is 31.0. The van der Waals surface area contributed by atoms with Gasteiger partial charge in [0.2, 0.25) is 0 Å². The number of carbonyl (C=O) groups is 1. The highest BCUT2D eigenvalue weighted by molar-refractivity contribution is 5.66. The fourth-order valence-electron chi connectivity index (χ4n) is 8.03. The van der Waals surface area contributed by atoms with Gasteiger partial charge in [-0.15, -0.1) is 0 Å². The van der Waals surface area contributed by atoms with Gasteiger partial charge in [-0.3, -0.25) is 4.79 Å². The van der Waals surface area contributed by atoms with E-state index in [-0.39, 0.29) is 42.4 Å². The van der Waals surface area contributed by atoms with Crippen LogP contribution in [0.15, 0.2) is 0 Å². The summed E-state index contributed by atoms with van der Waals surface area (Å²) < 4.78 is 34.0. The van der Waals surface area contributed by atoms with E-state index in [0.717, 1.165) is 25.7 Å². The number of rotatable bonds is 4. The van der Waals surface area contributed by atoms with Gasteiger partial charge in [0.25, 0.3) is 0 Å². The molecule has 1 unspecified atom stereocenters. The van der Waals surface area contributed by atoms with Crippen molar-refractivity contribution in [2.75, 3.05) is 0 Å². The summed E-state index contributed by atoms with van der Waals surface area (Å²) in [5.74, 6) is -0.291. The van der Waals surface area contributed by atoms with E-state index in [1.54, 1.807) is 0 Å². The number of carboxylic acids is 1. The largest absolute Gasteiger partial charge is 0.481 e. The smallest absolute Gasteiger partial charge is 0.303 e. The summed E-state index contributed by atoms with van der Waals surface area (Å²) in [7, 11) is 0. The normalized spacial score (nSPS) is 57.4. The van der Waals surface area contributed by atoms with Crippen LogP contribution < -0.4 is 0 Å². The summed E-state index contributed by atoms with van der Waals surface area (Å²) >= 11 is 0. The van der Waals surface area contributed by atoms with Crippen LogP contribution in [0.2, 0.25) is 0 Å². The summed E-state index contributed by atoms with van der Waals surface area (Å²) in [5.41, 5.74) is -0.583. The first-order valence-electron chi connectivity index (χ1n) is 13.2. The molecule has 0 heterocycles. The molecule has 4 nitrogen and oxygen atoms in total. The zero-order valence-electron chi connectivity index (χ0n) is 21.5. The number of aliphatic carboxylic acids is 1. The number of fused-ring (bicyclic) bond motifs is 5. The Kier molecular flexibility index (Phi) is 4.19. The fraction of sp³-hybridized carbons (Fsp3) is 0.958. The van der Waals surface area contributed by atoms with Crippen molar-refractivity contribution in [3.63, 3.8) is 0 Å². The van der Waals surface area contributed by atoms with E-state index in [2.05, 4.69) is 13.8 Å². The van der Waals surface area contributed by atoms with Gasteiger partial charge in [-0.1, -0.05) is 20.8 Å². The predicted molar refractivity (Wildman–Crippen MR) is 109 cm³/mol. The lowest BCUT2D eigenvalue weighted by Gasteiger charge is -2.62. The molecule has 3 N–H and O–H groups in total. The third-order valence-corrected chi connectivity index (χ3v) is 9.51. The van der Waals surface area contributed by atoms with Crippen LogP contribution in [0.5, 0.6) is 0 Å². The van der Waals surface area contributed by atoms with Gasteiger partial charge in [0.05, 0.1) is 12.2 Å². The molecule has 0 amide bonds. The molecule has 4 fully saturated rings. The van der Waals surface area contributed by atoms with Gasteiger partial charge < -0.3 is 15.3 Å². The lowest BCUT2D eigenvalue weighted by atomic mass is 9.43. The zero-order chi connectivity index (χ0) is 23.9. The minimum atomic E-state index is -2.08. The van der Waals surface area contributed by atoms with E-state index < -0.39 is 42.3 Å². The van der Waals surface area contributed by atoms with E-state index in [1.165, 1.54) is 0 Å². The van der Waals surface area contributed by atoms with Gasteiger partial charge >= 0.3 is 5.97 Å². The summed E-state index contributed by atoms with van der Waals surface area (Å²) in [4.78, 5) is 11.1. The number of carboxylic acid groups (broad SMARTS) is 1. The molecule has 0 aromatic rings. The van der Waals surface area contributed by atoms with Gasteiger partial charge in [0, 0.05) is 11.9 Å². The van der Waals surface area contributed by atoms with Crippen LogP contribution in [0.4, 0.5) is 0 Å². The first-order chi connectivity index (χ1) is 14.7. The van der Waals surface area contributed by atoms with Crippen molar-refractivity contribution in [1.82, 2.24) is 0 Å². The molecule has 0 bridgehead atoms. The van der Waals surface area contributed by atoms with E-state index in [9.17, 15) is 15.0 Å². The Balaban J connectivity index is 1.64. The Morgan fingerprint density at radius 2 is 1.86 bits per heavy atom. The molecule has 4 rings (SSSR count). The molecule has 4 aliphatic carbocycles. The molecule has 10 atom stereocenters. The molecule has 0 spiro atoms. The van der Waals surface area contributed by atoms with Crippen molar-refractivity contribution in [3.8, 4) is 0 Å². The Morgan fingerprint density at radius 1 is 1.14 bits per heavy atom. The van der Waals surface area contributed by atoms with Crippen LogP contribution in [-0.2, 0) is 4.79 Å². The Morgan fingerprint density at radius 3 is 2.57 bits per heavy atom. The molecule has 4 heteroatoms. The molecular formula is C24H40O4. The standard InChI is InChI=1S/C24H40O4/c1-14(4-7-21(27)28)17-5-6-18-22-19(9-11-24(17,18)3)23(2)10-8-16(25)12-15(23)13-20(22)26/h14-20,22,25-26H,4-13H2,1-3H3,(H,27,28)/t14-,15?,16+,17-,18+,19+,20+,22+,23+,24-/m1/s1/i8D2,12D2. The SMILES string of the molecule is [2H]C1([2H])C[C@@]2(C)C(C[C@H](O)[C@H]3[C@@H]4CC[C@H]([C@H](C)CCC(=O)O)[C@@]4(C)CC[C@@H]32)C([2H])([2H])[C@H]1O. The van der Waals surface area contributed by atoms with E-state index in [0.29, 0.717) is 18.3 Å². The first-order valence-corrected chi connectivity index (χ1v) is 11.2. The number of hydrogen-bond donors (Lipinski definition) is 3. The van der Waals surface area contributed by atoms with Crippen molar-refractivity contribution >= 4 is 5.97 Å². The number of hydrogen-bond acceptors (Lipinski definition) is 3. The second-order valence-electron chi connectivity index (χ2n) is 10.7. The second kappa shape index (κ2) is 7.27. The molecule has 0 radical (unpaired) electrons. The minimum absolute atomic E-state index is 0.00789. The van der Waals surface area contributed by atoms with Crippen molar-refractivity contribution < 1.29 is 25.6 Å². The average molecular weight is 397 g/mol. The Hall–Kier alpha value is -0.610. The lowest BCUT2D eigenvalue weighted by Crippen LogP contribution is -2.58. The highest BCUT2D eigenvalue weighted by Crippen LogP contribution is 2.68. The summed E-state index contributed by atoms with van der Waals surface area (Å²) in [6.07, 6.45) is -1.38. The first kappa shape index (κ1) is 16.1. The van der Waals surface area contributed by atoms with E-state index in [4.69, 9.17) is 10.6 Å². The van der Waals surface area contributed by atoms with Gasteiger partial charge in [0.1, 0.15) is 0 Å². The topological polar surface area (TPSA) is 77.8 Å². The molecule has 0 aromatic heterocycles. The van der Waals surface area contributed by atoms with Crippen LogP contribution in [0.3, 0.4) is 0 Å². The van der Waals surface area contributed by atoms with Crippen molar-refractivity contribution in [1.29, 1.82) is 0 Å². The maximum Gasteiger partial charge on any atom is 0.303 e. The van der Waals surface area contributed by atoms with Gasteiger partial charge in [-0.2, -0.15) is 0 Å². The molecular weight excluding hydrogens is 352 g/mol. The van der Waals surface area contributed by atoms with Crippen LogP contribution in [0.25, 0.3) is 0 Å². The van der Waals surface area contributed by atoms with E-state index >= 15 is 0 Å². The molecule has 0 aromatic carbocycles. The summed E-state index contributed by atoms with van der Waals surface area (Å²) in [6.45, 7) is 6.48.